The van der Waals surface area contributed by atoms with Crippen molar-refractivity contribution in [1.82, 2.24) is 5.43 Å². The Labute approximate surface area is 175 Å². The monoisotopic (exact) mass is 414 g/mol. The van der Waals surface area contributed by atoms with Gasteiger partial charge in [0.2, 0.25) is 5.91 Å². The van der Waals surface area contributed by atoms with E-state index in [9.17, 15) is 14.9 Å². The van der Waals surface area contributed by atoms with Gasteiger partial charge in [-0.1, -0.05) is 24.3 Å². The van der Waals surface area contributed by atoms with Gasteiger partial charge < -0.3 is 4.90 Å². The maximum atomic E-state index is 12.1. The van der Waals surface area contributed by atoms with Gasteiger partial charge in [0.15, 0.2) is 0 Å². The molecule has 2 aromatic rings. The summed E-state index contributed by atoms with van der Waals surface area (Å²) in [7, 11) is 0. The van der Waals surface area contributed by atoms with Crippen LogP contribution in [0.1, 0.15) is 30.5 Å². The lowest BCUT2D eigenvalue weighted by molar-refractivity contribution is -0.384. The van der Waals surface area contributed by atoms with Crippen molar-refractivity contribution < 1.29 is 9.72 Å². The first kappa shape index (κ1) is 22.4. The highest BCUT2D eigenvalue weighted by Gasteiger charge is 2.13. The van der Waals surface area contributed by atoms with E-state index in [-0.39, 0.29) is 17.3 Å². The Morgan fingerprint density at radius 3 is 2.62 bits per heavy atom. The molecule has 1 amide bonds. The third-order valence-electron chi connectivity index (χ3n) is 4.47. The van der Waals surface area contributed by atoms with Crippen LogP contribution < -0.4 is 10.3 Å². The average molecular weight is 415 g/mol. The molecule has 0 heterocycles. The van der Waals surface area contributed by atoms with E-state index in [0.717, 1.165) is 24.5 Å². The van der Waals surface area contributed by atoms with Crippen molar-refractivity contribution in [3.63, 3.8) is 0 Å². The number of rotatable bonds is 10. The van der Waals surface area contributed by atoms with Crippen molar-refractivity contribution in [3.8, 4) is 0 Å². The Morgan fingerprint density at radius 1 is 1.24 bits per heavy atom. The zero-order chi connectivity index (χ0) is 21.2. The first-order valence-electron chi connectivity index (χ1n) is 9.43. The van der Waals surface area contributed by atoms with Crippen LogP contribution >= 0.6 is 11.8 Å². The summed E-state index contributed by atoms with van der Waals surface area (Å²) in [6.07, 6.45) is 1.46. The number of nitrogens with one attached hydrogen (secondary N) is 1. The lowest BCUT2D eigenvalue weighted by Crippen LogP contribution is -2.23. The predicted molar refractivity (Wildman–Crippen MR) is 120 cm³/mol. The van der Waals surface area contributed by atoms with Gasteiger partial charge in [-0.3, -0.25) is 14.9 Å². The quantitative estimate of drug-likeness (QED) is 0.359. The molecule has 0 aliphatic rings. The molecule has 0 aliphatic carbocycles. The van der Waals surface area contributed by atoms with Crippen molar-refractivity contribution in [3.05, 3.63) is 69.3 Å². The molecule has 0 saturated heterocycles. The van der Waals surface area contributed by atoms with Crippen molar-refractivity contribution >= 4 is 35.3 Å². The maximum Gasteiger partial charge on any atom is 0.270 e. The van der Waals surface area contributed by atoms with Crippen LogP contribution in [0.5, 0.6) is 0 Å². The van der Waals surface area contributed by atoms with Crippen LogP contribution in [0.3, 0.4) is 0 Å². The highest BCUT2D eigenvalue weighted by molar-refractivity contribution is 7.99. The van der Waals surface area contributed by atoms with Gasteiger partial charge >= 0.3 is 0 Å². The SMILES string of the molecule is CCN(CC)c1ccc([N+](=O)[O-])cc1/C=N\NC(=O)CSCc1ccccc1C. The van der Waals surface area contributed by atoms with E-state index in [1.165, 1.54) is 41.2 Å². The van der Waals surface area contributed by atoms with Gasteiger partial charge in [0, 0.05) is 42.2 Å². The fourth-order valence-corrected chi connectivity index (χ4v) is 3.74. The normalized spacial score (nSPS) is 10.9. The molecule has 0 spiro atoms. The molecule has 0 saturated carbocycles. The average Bonchev–Trinajstić information content (AvgIpc) is 2.71. The Morgan fingerprint density at radius 2 is 1.97 bits per heavy atom. The first-order valence-corrected chi connectivity index (χ1v) is 10.6. The molecule has 1 N–H and O–H groups in total. The molecule has 0 bridgehead atoms. The lowest BCUT2D eigenvalue weighted by atomic mass is 10.1. The lowest BCUT2D eigenvalue weighted by Gasteiger charge is -2.22. The largest absolute Gasteiger partial charge is 0.372 e. The third-order valence-corrected chi connectivity index (χ3v) is 5.45. The van der Waals surface area contributed by atoms with Crippen LogP contribution in [0.2, 0.25) is 0 Å². The summed E-state index contributed by atoms with van der Waals surface area (Å²) in [6.45, 7) is 7.60. The van der Waals surface area contributed by atoms with E-state index in [1.54, 1.807) is 6.07 Å². The molecule has 154 valence electrons. The van der Waals surface area contributed by atoms with Crippen molar-refractivity contribution in [2.45, 2.75) is 26.5 Å². The number of hydrogen-bond acceptors (Lipinski definition) is 6. The molecule has 0 fully saturated rings. The number of nitro benzene ring substituents is 1. The van der Waals surface area contributed by atoms with E-state index < -0.39 is 4.92 Å². The van der Waals surface area contributed by atoms with Gasteiger partial charge in [-0.2, -0.15) is 5.10 Å². The number of hydrazone groups is 1. The summed E-state index contributed by atoms with van der Waals surface area (Å²) in [6, 6.07) is 12.7. The number of thioether (sulfide) groups is 1. The van der Waals surface area contributed by atoms with Crippen LogP contribution in [0.25, 0.3) is 0 Å². The number of hydrogen-bond donors (Lipinski definition) is 1. The number of nitro groups is 1. The van der Waals surface area contributed by atoms with Crippen LogP contribution in [-0.4, -0.2) is 35.9 Å². The summed E-state index contributed by atoms with van der Waals surface area (Å²) in [5.41, 5.74) is 6.33. The molecule has 29 heavy (non-hydrogen) atoms. The number of aryl methyl sites for hydroxylation is 1. The topological polar surface area (TPSA) is 87.8 Å². The first-order chi connectivity index (χ1) is 14.0. The number of benzene rings is 2. The van der Waals surface area contributed by atoms with Gasteiger partial charge in [0.1, 0.15) is 0 Å². The van der Waals surface area contributed by atoms with Gasteiger partial charge in [-0.25, -0.2) is 5.43 Å². The van der Waals surface area contributed by atoms with Gasteiger partial charge in [0.05, 0.1) is 16.9 Å². The van der Waals surface area contributed by atoms with Crippen LogP contribution in [0.4, 0.5) is 11.4 Å². The minimum absolute atomic E-state index is 0.0116. The van der Waals surface area contributed by atoms with E-state index in [2.05, 4.69) is 21.5 Å². The third kappa shape index (κ3) is 6.60. The van der Waals surface area contributed by atoms with Crippen LogP contribution in [-0.2, 0) is 10.5 Å². The molecule has 0 atom stereocenters. The minimum Gasteiger partial charge on any atom is -0.372 e. The molecule has 7 nitrogen and oxygen atoms in total. The summed E-state index contributed by atoms with van der Waals surface area (Å²) in [4.78, 5) is 24.8. The zero-order valence-electron chi connectivity index (χ0n) is 16.9. The number of anilines is 1. The molecule has 2 rings (SSSR count). The molecule has 2 aromatic carbocycles. The molecule has 0 aromatic heterocycles. The van der Waals surface area contributed by atoms with E-state index in [0.29, 0.717) is 5.56 Å². The standard InChI is InChI=1S/C21H26N4O3S/c1-4-24(5-2)20-11-10-19(25(27)28)12-18(20)13-22-23-21(26)15-29-14-17-9-7-6-8-16(17)3/h6-13H,4-5,14-15H2,1-3H3,(H,23,26)/b22-13-. The molecular weight excluding hydrogens is 388 g/mol. The number of nitrogens with zero attached hydrogens (tertiary/aromatic N) is 3. The van der Waals surface area contributed by atoms with E-state index in [1.807, 2.05) is 39.0 Å². The second kappa shape index (κ2) is 11.2. The minimum atomic E-state index is -0.440. The Bertz CT molecular complexity index is 882. The summed E-state index contributed by atoms with van der Waals surface area (Å²) >= 11 is 1.51. The summed E-state index contributed by atoms with van der Waals surface area (Å²) in [5.74, 6) is 0.819. The highest BCUT2D eigenvalue weighted by Crippen LogP contribution is 2.24. The molecule has 0 unspecified atom stereocenters. The summed E-state index contributed by atoms with van der Waals surface area (Å²) < 4.78 is 0. The Kier molecular flexibility index (Phi) is 8.67. The second-order valence-electron chi connectivity index (χ2n) is 6.38. The van der Waals surface area contributed by atoms with E-state index in [4.69, 9.17) is 0 Å². The number of non-ortho nitro benzene ring substituents is 1. The van der Waals surface area contributed by atoms with Crippen molar-refractivity contribution in [2.75, 3.05) is 23.7 Å². The zero-order valence-corrected chi connectivity index (χ0v) is 17.7. The second-order valence-corrected chi connectivity index (χ2v) is 7.37. The Balaban J connectivity index is 1.99. The van der Waals surface area contributed by atoms with Gasteiger partial charge in [0.25, 0.3) is 5.69 Å². The smallest absolute Gasteiger partial charge is 0.270 e. The maximum absolute atomic E-state index is 12.1. The number of carbonyl (C=O) groups excluding carboxylic acids is 1. The predicted octanol–water partition coefficient (Wildman–Crippen LogP) is 4.13. The summed E-state index contributed by atoms with van der Waals surface area (Å²) in [5, 5.41) is 15.1. The highest BCUT2D eigenvalue weighted by atomic mass is 32.2. The fourth-order valence-electron chi connectivity index (χ4n) is 2.84. The number of amides is 1. The van der Waals surface area contributed by atoms with Crippen LogP contribution in [0, 0.1) is 17.0 Å². The Hall–Kier alpha value is -2.87. The molecule has 0 aliphatic heterocycles. The molecular formula is C21H26N4O3S. The number of carbonyl (C=O) groups is 1. The van der Waals surface area contributed by atoms with Crippen LogP contribution in [0.15, 0.2) is 47.6 Å². The van der Waals surface area contributed by atoms with Gasteiger partial charge in [-0.05, 0) is 38.0 Å². The fraction of sp³-hybridized carbons (Fsp3) is 0.333. The van der Waals surface area contributed by atoms with Crippen molar-refractivity contribution in [2.24, 2.45) is 5.10 Å². The van der Waals surface area contributed by atoms with E-state index >= 15 is 0 Å². The molecule has 8 heteroatoms. The van der Waals surface area contributed by atoms with Gasteiger partial charge in [-0.15, -0.1) is 11.8 Å². The van der Waals surface area contributed by atoms with Crippen molar-refractivity contribution in [1.29, 1.82) is 0 Å². The molecule has 0 radical (unpaired) electrons.